The second-order valence-electron chi connectivity index (χ2n) is 5.55. The summed E-state index contributed by atoms with van der Waals surface area (Å²) in [6.07, 6.45) is 4.57. The predicted molar refractivity (Wildman–Crippen MR) is 80.8 cm³/mol. The first-order valence-electron chi connectivity index (χ1n) is 7.38. The van der Waals surface area contributed by atoms with Gasteiger partial charge in [-0.15, -0.1) is 0 Å². The average Bonchev–Trinajstić information content (AvgIpc) is 2.47. The molecule has 114 valence electrons. The summed E-state index contributed by atoms with van der Waals surface area (Å²) in [7, 11) is 0. The molecule has 0 radical (unpaired) electrons. The van der Waals surface area contributed by atoms with Crippen LogP contribution in [0.3, 0.4) is 0 Å². The van der Waals surface area contributed by atoms with E-state index in [9.17, 15) is 4.79 Å². The van der Waals surface area contributed by atoms with Gasteiger partial charge in [-0.1, -0.05) is 30.3 Å². The van der Waals surface area contributed by atoms with Gasteiger partial charge in [-0.05, 0) is 0 Å². The Morgan fingerprint density at radius 3 is 2.50 bits per heavy atom. The van der Waals surface area contributed by atoms with Crippen molar-refractivity contribution in [3.05, 3.63) is 60.4 Å². The van der Waals surface area contributed by atoms with Crippen molar-refractivity contribution >= 4 is 6.09 Å². The van der Waals surface area contributed by atoms with E-state index in [1.54, 1.807) is 0 Å². The highest BCUT2D eigenvalue weighted by Crippen LogP contribution is 2.25. The normalized spacial score (nSPS) is 20.0. The molecule has 2 N–H and O–H groups in total. The van der Waals surface area contributed by atoms with E-state index in [0.29, 0.717) is 0 Å². The van der Waals surface area contributed by atoms with Crippen molar-refractivity contribution in [1.29, 1.82) is 0 Å². The number of pyridine rings is 1. The van der Waals surface area contributed by atoms with Crippen LogP contribution in [0.15, 0.2) is 54.9 Å². The number of benzene rings is 1. The summed E-state index contributed by atoms with van der Waals surface area (Å²) < 4.78 is 7.92. The lowest BCUT2D eigenvalue weighted by Gasteiger charge is -2.34. The summed E-state index contributed by atoms with van der Waals surface area (Å²) in [5.74, 6) is 0.822. The van der Waals surface area contributed by atoms with Gasteiger partial charge in [0.2, 0.25) is 0 Å². The Balaban J connectivity index is 1.49. The quantitative estimate of drug-likeness (QED) is 0.832. The summed E-state index contributed by atoms with van der Waals surface area (Å²) >= 11 is 0. The van der Waals surface area contributed by atoms with E-state index < -0.39 is 6.09 Å². The minimum absolute atomic E-state index is 0.0224. The topological polar surface area (TPSA) is 62.4 Å². The van der Waals surface area contributed by atoms with E-state index in [4.69, 9.17) is 9.84 Å². The molecule has 1 aromatic carbocycles. The Kier molecular flexibility index (Phi) is 4.23. The van der Waals surface area contributed by atoms with Crippen LogP contribution >= 0.6 is 0 Å². The van der Waals surface area contributed by atoms with E-state index in [1.165, 1.54) is 5.56 Å². The van der Waals surface area contributed by atoms with Crippen molar-refractivity contribution in [2.45, 2.75) is 31.5 Å². The lowest BCUT2D eigenvalue weighted by Crippen LogP contribution is -2.48. The molecular weight excluding hydrogens is 280 g/mol. The molecule has 1 aromatic heterocycles. The molecule has 1 aliphatic carbocycles. The zero-order chi connectivity index (χ0) is 15.4. The number of carboxylic acid groups (broad SMARTS) is 1. The minimum atomic E-state index is -0.967. The highest BCUT2D eigenvalue weighted by molar-refractivity contribution is 5.65. The SMILES string of the molecule is O=C(O)NC1CC(Oc2cc[n+](Cc3ccccc3)cc2)C1. The van der Waals surface area contributed by atoms with Crippen LogP contribution in [0.4, 0.5) is 4.79 Å². The zero-order valence-corrected chi connectivity index (χ0v) is 12.2. The van der Waals surface area contributed by atoms with Gasteiger partial charge in [-0.25, -0.2) is 9.36 Å². The number of hydrogen-bond acceptors (Lipinski definition) is 2. The van der Waals surface area contributed by atoms with Crippen molar-refractivity contribution in [2.24, 2.45) is 0 Å². The maximum Gasteiger partial charge on any atom is 0.404 e. The Labute approximate surface area is 129 Å². The van der Waals surface area contributed by atoms with Crippen LogP contribution < -0.4 is 14.6 Å². The highest BCUT2D eigenvalue weighted by Gasteiger charge is 2.32. The lowest BCUT2D eigenvalue weighted by atomic mass is 9.89. The predicted octanol–water partition coefficient (Wildman–Crippen LogP) is 2.20. The number of aromatic nitrogens is 1. The fourth-order valence-corrected chi connectivity index (χ4v) is 2.57. The molecule has 1 fully saturated rings. The van der Waals surface area contributed by atoms with Crippen LogP contribution in [0.2, 0.25) is 0 Å². The third-order valence-electron chi connectivity index (χ3n) is 3.79. The Hall–Kier alpha value is -2.56. The zero-order valence-electron chi connectivity index (χ0n) is 12.2. The molecule has 0 saturated heterocycles. The minimum Gasteiger partial charge on any atom is -0.490 e. The fraction of sp³-hybridized carbons (Fsp3) is 0.294. The Bertz CT molecular complexity index is 622. The number of rotatable bonds is 5. The Morgan fingerprint density at radius 2 is 1.86 bits per heavy atom. The van der Waals surface area contributed by atoms with Crippen molar-refractivity contribution in [1.82, 2.24) is 5.32 Å². The number of carbonyl (C=O) groups is 1. The van der Waals surface area contributed by atoms with Crippen LogP contribution in [-0.4, -0.2) is 23.3 Å². The van der Waals surface area contributed by atoms with Gasteiger partial charge in [0.15, 0.2) is 18.9 Å². The maximum atomic E-state index is 10.5. The third kappa shape index (κ3) is 3.75. The molecule has 0 spiro atoms. The molecule has 1 saturated carbocycles. The molecule has 3 rings (SSSR count). The monoisotopic (exact) mass is 299 g/mol. The summed E-state index contributed by atoms with van der Waals surface area (Å²) in [6, 6.07) is 14.2. The molecule has 1 amide bonds. The largest absolute Gasteiger partial charge is 0.490 e. The third-order valence-corrected chi connectivity index (χ3v) is 3.79. The van der Waals surface area contributed by atoms with E-state index in [-0.39, 0.29) is 12.1 Å². The Morgan fingerprint density at radius 1 is 1.18 bits per heavy atom. The number of ether oxygens (including phenoxy) is 1. The molecule has 5 nitrogen and oxygen atoms in total. The number of nitrogens with one attached hydrogen (secondary N) is 1. The van der Waals surface area contributed by atoms with Gasteiger partial charge in [0.05, 0.1) is 0 Å². The molecule has 0 atom stereocenters. The average molecular weight is 299 g/mol. The number of hydrogen-bond donors (Lipinski definition) is 2. The van der Waals surface area contributed by atoms with E-state index >= 15 is 0 Å². The fourth-order valence-electron chi connectivity index (χ4n) is 2.57. The van der Waals surface area contributed by atoms with Crippen LogP contribution in [0.25, 0.3) is 0 Å². The molecular formula is C17H19N2O3+. The van der Waals surface area contributed by atoms with Gasteiger partial charge >= 0.3 is 6.09 Å². The van der Waals surface area contributed by atoms with E-state index in [1.807, 2.05) is 42.7 Å². The maximum absolute atomic E-state index is 10.5. The molecule has 1 aliphatic rings. The molecule has 0 unspecified atom stereocenters. The summed E-state index contributed by atoms with van der Waals surface area (Å²) in [4.78, 5) is 10.5. The highest BCUT2D eigenvalue weighted by atomic mass is 16.5. The van der Waals surface area contributed by atoms with Crippen molar-refractivity contribution in [3.63, 3.8) is 0 Å². The van der Waals surface area contributed by atoms with Crippen LogP contribution in [0.5, 0.6) is 5.75 Å². The number of nitrogens with zero attached hydrogens (tertiary/aromatic N) is 1. The standard InChI is InChI=1S/C17H18N2O3/c20-17(21)18-14-10-16(11-14)22-15-6-8-19(9-7-15)12-13-4-2-1-3-5-13/h1-9,14,16,18H,10-12H2/p+1. The van der Waals surface area contributed by atoms with Gasteiger partial charge in [0.25, 0.3) is 0 Å². The van der Waals surface area contributed by atoms with Crippen molar-refractivity contribution < 1.29 is 19.2 Å². The lowest BCUT2D eigenvalue weighted by molar-refractivity contribution is -0.688. The summed E-state index contributed by atoms with van der Waals surface area (Å²) in [5.41, 5.74) is 1.25. The van der Waals surface area contributed by atoms with Crippen molar-refractivity contribution in [3.8, 4) is 5.75 Å². The molecule has 2 aromatic rings. The van der Waals surface area contributed by atoms with E-state index in [0.717, 1.165) is 25.1 Å². The first kappa shape index (κ1) is 14.4. The van der Waals surface area contributed by atoms with E-state index in [2.05, 4.69) is 22.0 Å². The van der Waals surface area contributed by atoms with Gasteiger partial charge in [-0.3, -0.25) is 0 Å². The second kappa shape index (κ2) is 6.47. The van der Waals surface area contributed by atoms with Gasteiger partial charge in [0, 0.05) is 36.6 Å². The summed E-state index contributed by atoms with van der Waals surface area (Å²) in [5, 5.41) is 11.1. The molecule has 0 aliphatic heterocycles. The van der Waals surface area contributed by atoms with Crippen LogP contribution in [0.1, 0.15) is 18.4 Å². The molecule has 0 bridgehead atoms. The smallest absolute Gasteiger partial charge is 0.404 e. The van der Waals surface area contributed by atoms with Crippen LogP contribution in [0, 0.1) is 0 Å². The number of amides is 1. The van der Waals surface area contributed by atoms with Gasteiger partial charge in [0.1, 0.15) is 11.9 Å². The molecule has 5 heteroatoms. The first-order chi connectivity index (χ1) is 10.7. The summed E-state index contributed by atoms with van der Waals surface area (Å²) in [6.45, 7) is 0.829. The van der Waals surface area contributed by atoms with Crippen LogP contribution in [-0.2, 0) is 6.54 Å². The first-order valence-corrected chi connectivity index (χ1v) is 7.38. The molecule has 22 heavy (non-hydrogen) atoms. The van der Waals surface area contributed by atoms with Gasteiger partial charge in [-0.2, -0.15) is 0 Å². The van der Waals surface area contributed by atoms with Gasteiger partial charge < -0.3 is 15.2 Å². The molecule has 1 heterocycles. The second-order valence-corrected chi connectivity index (χ2v) is 5.55. The van der Waals surface area contributed by atoms with Crippen molar-refractivity contribution in [2.75, 3.05) is 0 Å².